The van der Waals surface area contributed by atoms with E-state index in [9.17, 15) is 4.79 Å². The summed E-state index contributed by atoms with van der Waals surface area (Å²) in [7, 11) is 0. The molecule has 0 aromatic heterocycles. The van der Waals surface area contributed by atoms with Gasteiger partial charge in [-0.25, -0.2) is 4.79 Å². The van der Waals surface area contributed by atoms with Crippen molar-refractivity contribution in [2.45, 2.75) is 13.0 Å². The predicted octanol–water partition coefficient (Wildman–Crippen LogP) is 3.13. The van der Waals surface area contributed by atoms with Gasteiger partial charge >= 0.3 is 5.97 Å². The van der Waals surface area contributed by atoms with E-state index in [1.807, 2.05) is 24.1 Å². The highest BCUT2D eigenvalue weighted by Gasteiger charge is 2.07. The fraction of sp³-hybridized carbons (Fsp3) is 0.167. The number of carboxylic acid groups (broad SMARTS) is 1. The Morgan fingerprint density at radius 3 is 2.86 bits per heavy atom. The fourth-order valence-corrected chi connectivity index (χ4v) is 2.20. The van der Waals surface area contributed by atoms with E-state index < -0.39 is 5.97 Å². The maximum Gasteiger partial charge on any atom is 0.382 e. The van der Waals surface area contributed by atoms with Crippen LogP contribution >= 0.6 is 0 Å². The molecule has 0 saturated carbocycles. The van der Waals surface area contributed by atoms with Crippen LogP contribution in [0.5, 0.6) is 0 Å². The maximum absolute atomic E-state index is 10.2. The third-order valence-corrected chi connectivity index (χ3v) is 3.21. The summed E-state index contributed by atoms with van der Waals surface area (Å²) in [5.74, 6) is 3.39. The molecule has 106 valence electrons. The number of aliphatic carboxylic acids is 1. The Kier molecular flexibility index (Phi) is 5.14. The normalized spacial score (nSPS) is 12.0. The zero-order valence-electron chi connectivity index (χ0n) is 11.8. The van der Waals surface area contributed by atoms with Crippen molar-refractivity contribution in [1.82, 2.24) is 5.32 Å². The number of carboxylic acids is 1. The molecule has 0 radical (unpaired) electrons. The van der Waals surface area contributed by atoms with Crippen LogP contribution in [0.2, 0.25) is 0 Å². The molecule has 0 heterocycles. The van der Waals surface area contributed by atoms with Crippen LogP contribution in [0.3, 0.4) is 0 Å². The van der Waals surface area contributed by atoms with E-state index in [-0.39, 0.29) is 6.04 Å². The van der Waals surface area contributed by atoms with Crippen LogP contribution in [-0.4, -0.2) is 17.6 Å². The molecule has 0 aliphatic heterocycles. The first kappa shape index (κ1) is 14.8. The quantitative estimate of drug-likeness (QED) is 0.845. The number of benzene rings is 2. The summed E-state index contributed by atoms with van der Waals surface area (Å²) in [6.45, 7) is 2.75. The molecule has 0 aliphatic rings. The summed E-state index contributed by atoms with van der Waals surface area (Å²) in [5, 5.41) is 14.2. The van der Waals surface area contributed by atoms with Gasteiger partial charge in [0.1, 0.15) is 0 Å². The van der Waals surface area contributed by atoms with Crippen LogP contribution < -0.4 is 5.32 Å². The Balaban J connectivity index is 2.02. The van der Waals surface area contributed by atoms with Crippen LogP contribution in [0.1, 0.15) is 18.5 Å². The fourth-order valence-electron chi connectivity index (χ4n) is 2.20. The third kappa shape index (κ3) is 4.20. The van der Waals surface area contributed by atoms with Crippen molar-refractivity contribution in [3.63, 3.8) is 0 Å². The Labute approximate surface area is 124 Å². The van der Waals surface area contributed by atoms with Crippen molar-refractivity contribution < 1.29 is 9.90 Å². The van der Waals surface area contributed by atoms with Gasteiger partial charge in [0.15, 0.2) is 0 Å². The van der Waals surface area contributed by atoms with E-state index in [2.05, 4.69) is 48.5 Å². The zero-order chi connectivity index (χ0) is 15.1. The molecule has 2 aromatic rings. The molecule has 0 aliphatic carbocycles. The average molecular weight is 279 g/mol. The molecule has 0 saturated heterocycles. The van der Waals surface area contributed by atoms with Crippen LogP contribution in [0, 0.1) is 11.8 Å². The largest absolute Gasteiger partial charge is 0.472 e. The molecule has 2 aromatic carbocycles. The lowest BCUT2D eigenvalue weighted by molar-refractivity contribution is -0.130. The van der Waals surface area contributed by atoms with Crippen LogP contribution in [0.15, 0.2) is 54.6 Å². The number of carbonyl (C=O) groups is 1. The minimum absolute atomic E-state index is 0.202. The summed E-state index contributed by atoms with van der Waals surface area (Å²) in [4.78, 5) is 10.2. The van der Waals surface area contributed by atoms with Crippen molar-refractivity contribution in [2.75, 3.05) is 6.54 Å². The van der Waals surface area contributed by atoms with E-state index in [0.29, 0.717) is 6.54 Å². The Morgan fingerprint density at radius 1 is 1.29 bits per heavy atom. The van der Waals surface area contributed by atoms with Gasteiger partial charge in [0.05, 0.1) is 0 Å². The summed E-state index contributed by atoms with van der Waals surface area (Å²) >= 11 is 0. The second-order valence-corrected chi connectivity index (χ2v) is 4.68. The molecular formula is C18H17NO2. The molecular weight excluding hydrogens is 262 g/mol. The van der Waals surface area contributed by atoms with Crippen molar-refractivity contribution in [2.24, 2.45) is 0 Å². The molecule has 3 nitrogen and oxygen atoms in total. The smallest absolute Gasteiger partial charge is 0.382 e. The Bertz CT molecular complexity index is 717. The summed E-state index contributed by atoms with van der Waals surface area (Å²) in [6, 6.07) is 14.8. The molecule has 0 amide bonds. The van der Waals surface area contributed by atoms with Crippen LogP contribution in [-0.2, 0) is 4.79 Å². The Hall–Kier alpha value is -2.57. The lowest BCUT2D eigenvalue weighted by atomic mass is 10.00. The van der Waals surface area contributed by atoms with Gasteiger partial charge < -0.3 is 10.4 Å². The zero-order valence-corrected chi connectivity index (χ0v) is 11.8. The summed E-state index contributed by atoms with van der Waals surface area (Å²) in [5.41, 5.74) is 1.25. The van der Waals surface area contributed by atoms with Crippen LogP contribution in [0.25, 0.3) is 10.8 Å². The second kappa shape index (κ2) is 7.28. The molecule has 21 heavy (non-hydrogen) atoms. The molecule has 2 N–H and O–H groups in total. The van der Waals surface area contributed by atoms with E-state index in [1.54, 1.807) is 6.08 Å². The van der Waals surface area contributed by atoms with Gasteiger partial charge in [-0.15, -0.1) is 0 Å². The summed E-state index contributed by atoms with van der Waals surface area (Å²) < 4.78 is 0. The monoisotopic (exact) mass is 279 g/mol. The van der Waals surface area contributed by atoms with Gasteiger partial charge in [0.2, 0.25) is 0 Å². The standard InChI is InChI=1S/C18H17NO2/c1-14(19-13-6-2-3-12-18(20)21)16-11-7-9-15-8-4-5-10-17(15)16/h2,4-11,14,19H,13H2,1H3,(H,20,21)/b6-2-/t14-/m1/s1. The van der Waals surface area contributed by atoms with Crippen molar-refractivity contribution in [1.29, 1.82) is 0 Å². The van der Waals surface area contributed by atoms with Gasteiger partial charge in [-0.05, 0) is 29.3 Å². The van der Waals surface area contributed by atoms with Gasteiger partial charge in [-0.1, -0.05) is 54.5 Å². The number of rotatable bonds is 4. The minimum atomic E-state index is -1.11. The molecule has 0 fully saturated rings. The second-order valence-electron chi connectivity index (χ2n) is 4.68. The van der Waals surface area contributed by atoms with Gasteiger partial charge in [-0.3, -0.25) is 0 Å². The van der Waals surface area contributed by atoms with Crippen molar-refractivity contribution in [3.8, 4) is 11.8 Å². The molecule has 0 spiro atoms. The van der Waals surface area contributed by atoms with Gasteiger partial charge in [-0.2, -0.15) is 0 Å². The number of allylic oxidation sites excluding steroid dienone is 1. The highest BCUT2D eigenvalue weighted by atomic mass is 16.4. The van der Waals surface area contributed by atoms with E-state index in [0.717, 1.165) is 0 Å². The van der Waals surface area contributed by atoms with Crippen LogP contribution in [0.4, 0.5) is 0 Å². The van der Waals surface area contributed by atoms with E-state index in [4.69, 9.17) is 5.11 Å². The first-order valence-corrected chi connectivity index (χ1v) is 6.79. The van der Waals surface area contributed by atoms with E-state index >= 15 is 0 Å². The maximum atomic E-state index is 10.2. The average Bonchev–Trinajstić information content (AvgIpc) is 2.49. The molecule has 0 unspecified atom stereocenters. The first-order valence-electron chi connectivity index (χ1n) is 6.79. The predicted molar refractivity (Wildman–Crippen MR) is 84.9 cm³/mol. The number of hydrogen-bond donors (Lipinski definition) is 2. The summed E-state index contributed by atoms with van der Waals surface area (Å²) in [6.07, 6.45) is 3.37. The number of nitrogens with one attached hydrogen (secondary N) is 1. The SMILES string of the molecule is C[C@@H](NC/C=C\C#CC(=O)O)c1cccc2ccccc12. The van der Waals surface area contributed by atoms with Crippen molar-refractivity contribution in [3.05, 3.63) is 60.2 Å². The molecule has 0 bridgehead atoms. The Morgan fingerprint density at radius 2 is 2.05 bits per heavy atom. The number of fused-ring (bicyclic) bond motifs is 1. The third-order valence-electron chi connectivity index (χ3n) is 3.21. The number of hydrogen-bond acceptors (Lipinski definition) is 2. The minimum Gasteiger partial charge on any atom is -0.472 e. The van der Waals surface area contributed by atoms with E-state index in [1.165, 1.54) is 16.3 Å². The van der Waals surface area contributed by atoms with Gasteiger partial charge in [0, 0.05) is 18.5 Å². The molecule has 3 heteroatoms. The van der Waals surface area contributed by atoms with Crippen molar-refractivity contribution >= 4 is 16.7 Å². The molecule has 1 atom stereocenters. The molecule has 2 rings (SSSR count). The highest BCUT2D eigenvalue weighted by Crippen LogP contribution is 2.23. The highest BCUT2D eigenvalue weighted by molar-refractivity contribution is 5.87. The lowest BCUT2D eigenvalue weighted by Crippen LogP contribution is -2.18. The lowest BCUT2D eigenvalue weighted by Gasteiger charge is -2.15. The topological polar surface area (TPSA) is 49.3 Å². The first-order chi connectivity index (χ1) is 10.2. The van der Waals surface area contributed by atoms with Gasteiger partial charge in [0.25, 0.3) is 0 Å².